The van der Waals surface area contributed by atoms with Crippen LogP contribution in [0.15, 0.2) is 48.7 Å². The summed E-state index contributed by atoms with van der Waals surface area (Å²) >= 11 is 0. The van der Waals surface area contributed by atoms with Crippen LogP contribution in [-0.2, 0) is 12.6 Å². The lowest BCUT2D eigenvalue weighted by Gasteiger charge is -2.07. The van der Waals surface area contributed by atoms with Crippen LogP contribution in [-0.4, -0.2) is 9.97 Å². The molecule has 0 unspecified atom stereocenters. The summed E-state index contributed by atoms with van der Waals surface area (Å²) in [5, 5.41) is 0.563. The van der Waals surface area contributed by atoms with Crippen LogP contribution in [0.4, 0.5) is 13.2 Å². The highest BCUT2D eigenvalue weighted by atomic mass is 19.4. The summed E-state index contributed by atoms with van der Waals surface area (Å²) in [5.74, 6) is 5.91. The van der Waals surface area contributed by atoms with E-state index in [4.69, 9.17) is 0 Å². The van der Waals surface area contributed by atoms with Crippen molar-refractivity contribution < 1.29 is 13.2 Å². The van der Waals surface area contributed by atoms with E-state index in [9.17, 15) is 13.2 Å². The number of alkyl halides is 3. The molecule has 0 aliphatic carbocycles. The number of aromatic nitrogens is 2. The first-order valence-corrected chi connectivity index (χ1v) is 7.12. The minimum absolute atomic E-state index is 0.132. The van der Waals surface area contributed by atoms with Gasteiger partial charge >= 0.3 is 6.18 Å². The number of nitrogens with zero attached hydrogens (tertiary/aromatic N) is 1. The summed E-state index contributed by atoms with van der Waals surface area (Å²) in [6, 6.07) is 11.4. The first-order chi connectivity index (χ1) is 11.0. The molecule has 2 aromatic heterocycles. The lowest BCUT2D eigenvalue weighted by atomic mass is 10.1. The Morgan fingerprint density at radius 2 is 1.96 bits per heavy atom. The van der Waals surface area contributed by atoms with Crippen LogP contribution in [0, 0.1) is 11.8 Å². The average Bonchev–Trinajstić information content (AvgIpc) is 2.94. The molecule has 1 aromatic carbocycles. The number of H-pyrrole nitrogens is 1. The first kappa shape index (κ1) is 15.2. The van der Waals surface area contributed by atoms with Gasteiger partial charge in [0.05, 0.1) is 11.1 Å². The summed E-state index contributed by atoms with van der Waals surface area (Å²) in [6.45, 7) is 0. The Morgan fingerprint density at radius 3 is 2.70 bits per heavy atom. The maximum atomic E-state index is 13.0. The van der Waals surface area contributed by atoms with Crippen molar-refractivity contribution in [1.82, 2.24) is 9.97 Å². The average molecular weight is 314 g/mol. The summed E-state index contributed by atoms with van der Waals surface area (Å²) in [7, 11) is 0. The van der Waals surface area contributed by atoms with Crippen molar-refractivity contribution in [3.63, 3.8) is 0 Å². The molecule has 0 saturated carbocycles. The second-order valence-corrected chi connectivity index (χ2v) is 5.08. The fourth-order valence-electron chi connectivity index (χ4n) is 2.37. The number of nitrogens with one attached hydrogen (secondary N) is 1. The zero-order valence-corrected chi connectivity index (χ0v) is 12.1. The largest absolute Gasteiger partial charge is 0.418 e. The fourth-order valence-corrected chi connectivity index (χ4v) is 2.37. The molecule has 0 radical (unpaired) electrons. The van der Waals surface area contributed by atoms with Gasteiger partial charge in [-0.2, -0.15) is 13.2 Å². The molecule has 23 heavy (non-hydrogen) atoms. The summed E-state index contributed by atoms with van der Waals surface area (Å²) in [4.78, 5) is 6.96. The predicted molar refractivity (Wildman–Crippen MR) is 82.7 cm³/mol. The zero-order valence-electron chi connectivity index (χ0n) is 12.1. The fraction of sp³-hybridized carbons (Fsp3) is 0.167. The van der Waals surface area contributed by atoms with Crippen molar-refractivity contribution in [3.8, 4) is 11.8 Å². The van der Waals surface area contributed by atoms with Gasteiger partial charge in [-0.3, -0.25) is 0 Å². The number of aromatic amines is 1. The number of rotatable bonds is 2. The molecule has 116 valence electrons. The van der Waals surface area contributed by atoms with Crippen molar-refractivity contribution in [2.24, 2.45) is 0 Å². The molecule has 5 heteroatoms. The molecule has 0 bridgehead atoms. The van der Waals surface area contributed by atoms with Gasteiger partial charge in [0, 0.05) is 23.7 Å². The topological polar surface area (TPSA) is 28.7 Å². The summed E-state index contributed by atoms with van der Waals surface area (Å²) in [5.41, 5.74) is 0.920. The van der Waals surface area contributed by atoms with Crippen LogP contribution in [0.5, 0.6) is 0 Å². The van der Waals surface area contributed by atoms with Crippen molar-refractivity contribution in [2.75, 3.05) is 0 Å². The molecule has 0 aliphatic heterocycles. The van der Waals surface area contributed by atoms with E-state index in [0.29, 0.717) is 23.9 Å². The smallest absolute Gasteiger partial charge is 0.358 e. The molecule has 0 fully saturated rings. The van der Waals surface area contributed by atoms with Crippen LogP contribution in [0.2, 0.25) is 0 Å². The third kappa shape index (κ3) is 3.54. The number of hydrogen-bond donors (Lipinski definition) is 1. The van der Waals surface area contributed by atoms with Gasteiger partial charge in [0.25, 0.3) is 0 Å². The van der Waals surface area contributed by atoms with E-state index in [1.807, 2.05) is 18.2 Å². The maximum Gasteiger partial charge on any atom is 0.418 e. The first-order valence-electron chi connectivity index (χ1n) is 7.12. The number of aryl methyl sites for hydroxylation is 1. The van der Waals surface area contributed by atoms with Crippen molar-refractivity contribution in [1.29, 1.82) is 0 Å². The molecule has 0 atom stereocenters. The molecule has 0 saturated heterocycles. The molecule has 0 amide bonds. The van der Waals surface area contributed by atoms with E-state index >= 15 is 0 Å². The Hall–Kier alpha value is -2.74. The zero-order chi connectivity index (χ0) is 16.3. The van der Waals surface area contributed by atoms with Gasteiger partial charge in [0.15, 0.2) is 0 Å². The third-order valence-corrected chi connectivity index (χ3v) is 3.42. The van der Waals surface area contributed by atoms with Crippen molar-refractivity contribution >= 4 is 10.9 Å². The van der Waals surface area contributed by atoms with Gasteiger partial charge in [-0.05, 0) is 36.6 Å². The van der Waals surface area contributed by atoms with E-state index in [1.165, 1.54) is 6.07 Å². The normalized spacial score (nSPS) is 11.3. The van der Waals surface area contributed by atoms with Crippen molar-refractivity contribution in [2.45, 2.75) is 19.0 Å². The minimum Gasteiger partial charge on any atom is -0.358 e. The van der Waals surface area contributed by atoms with Gasteiger partial charge in [-0.1, -0.05) is 24.1 Å². The highest BCUT2D eigenvalue weighted by molar-refractivity contribution is 5.84. The number of benzene rings is 1. The highest BCUT2D eigenvalue weighted by Gasteiger charge is 2.33. The number of pyridine rings is 1. The molecule has 2 heterocycles. The Balaban J connectivity index is 1.76. The monoisotopic (exact) mass is 314 g/mol. The SMILES string of the molecule is FC(F)(F)c1cccc2cc(CCC#Cc3ccccn3)[nH]c12. The molecule has 3 aromatic rings. The van der Waals surface area contributed by atoms with E-state index in [-0.39, 0.29) is 5.52 Å². The molecular formula is C18H13F3N2. The second kappa shape index (κ2) is 6.17. The Morgan fingerprint density at radius 1 is 1.09 bits per heavy atom. The maximum absolute atomic E-state index is 13.0. The van der Waals surface area contributed by atoms with Crippen LogP contribution < -0.4 is 0 Å². The number of hydrogen-bond acceptors (Lipinski definition) is 1. The van der Waals surface area contributed by atoms with E-state index in [0.717, 1.165) is 11.8 Å². The Kier molecular flexibility index (Phi) is 4.07. The molecular weight excluding hydrogens is 301 g/mol. The molecule has 0 aliphatic rings. The number of fused-ring (bicyclic) bond motifs is 1. The minimum atomic E-state index is -4.36. The second-order valence-electron chi connectivity index (χ2n) is 5.08. The standard InChI is InChI=1S/C18H13F3N2/c19-18(20,21)16-10-5-6-13-12-15(23-17(13)16)9-2-1-7-14-8-3-4-11-22-14/h3-6,8,10-12,23H,2,9H2. The van der Waals surface area contributed by atoms with E-state index in [1.54, 1.807) is 18.3 Å². The molecule has 1 N–H and O–H groups in total. The molecule has 0 spiro atoms. The Bertz CT molecular complexity index is 868. The predicted octanol–water partition coefficient (Wildman–Crippen LogP) is 4.57. The summed E-state index contributed by atoms with van der Waals surface area (Å²) < 4.78 is 38.9. The Labute approximate surface area is 131 Å². The van der Waals surface area contributed by atoms with Gasteiger partial charge in [-0.15, -0.1) is 0 Å². The molecule has 3 rings (SSSR count). The lowest BCUT2D eigenvalue weighted by Crippen LogP contribution is -2.05. The van der Waals surface area contributed by atoms with Crippen LogP contribution in [0.25, 0.3) is 10.9 Å². The quantitative estimate of drug-likeness (QED) is 0.690. The van der Waals surface area contributed by atoms with Gasteiger partial charge in [-0.25, -0.2) is 4.98 Å². The van der Waals surface area contributed by atoms with E-state index in [2.05, 4.69) is 21.8 Å². The van der Waals surface area contributed by atoms with Gasteiger partial charge in [0.2, 0.25) is 0 Å². The number of para-hydroxylation sites is 1. The summed E-state index contributed by atoms with van der Waals surface area (Å²) in [6.07, 6.45) is -1.59. The lowest BCUT2D eigenvalue weighted by molar-refractivity contribution is -0.136. The van der Waals surface area contributed by atoms with Gasteiger partial charge in [0.1, 0.15) is 5.69 Å². The van der Waals surface area contributed by atoms with Crippen LogP contribution >= 0.6 is 0 Å². The van der Waals surface area contributed by atoms with Gasteiger partial charge < -0.3 is 4.98 Å². The van der Waals surface area contributed by atoms with E-state index < -0.39 is 11.7 Å². The third-order valence-electron chi connectivity index (χ3n) is 3.42. The number of halogens is 3. The van der Waals surface area contributed by atoms with Crippen LogP contribution in [0.1, 0.15) is 23.4 Å². The van der Waals surface area contributed by atoms with Crippen molar-refractivity contribution in [3.05, 3.63) is 65.6 Å². The molecule has 2 nitrogen and oxygen atoms in total. The highest BCUT2D eigenvalue weighted by Crippen LogP contribution is 2.34. The van der Waals surface area contributed by atoms with Crippen LogP contribution in [0.3, 0.4) is 0 Å².